The maximum atomic E-state index is 13.8. The molecule has 0 bridgehead atoms. The standard InChI is InChI=1S/C24H39N3O4S2/c1-23(2,3)31-24(14-9-6-10-15-24)27(18-11-7-4-5-8-12-18)22(30)26-21-25-17-20(33-21)32-16-13-19(28)29/h17-18H,4-16H2,1-3H3,(H,28,29)(H,25,26,30). The number of carbonyl (C=O) groups is 2. The van der Waals surface area contributed by atoms with Crippen LogP contribution in [0.2, 0.25) is 0 Å². The van der Waals surface area contributed by atoms with Gasteiger partial charge in [0.1, 0.15) is 5.72 Å². The zero-order chi connectivity index (χ0) is 23.9. The number of carboxylic acid groups (broad SMARTS) is 1. The van der Waals surface area contributed by atoms with Crippen LogP contribution in [0.25, 0.3) is 0 Å². The molecule has 0 unspecified atom stereocenters. The molecule has 1 heterocycles. The highest BCUT2D eigenvalue weighted by molar-refractivity contribution is 8.01. The Labute approximate surface area is 206 Å². The first-order valence-corrected chi connectivity index (χ1v) is 14.1. The molecule has 0 atom stereocenters. The molecule has 9 heteroatoms. The second kappa shape index (κ2) is 11.9. The second-order valence-corrected chi connectivity index (χ2v) is 12.6. The lowest BCUT2D eigenvalue weighted by molar-refractivity contribution is -0.220. The van der Waals surface area contributed by atoms with E-state index in [1.54, 1.807) is 6.20 Å². The minimum absolute atomic E-state index is 0.104. The molecule has 2 amide bonds. The first-order valence-electron chi connectivity index (χ1n) is 12.3. The van der Waals surface area contributed by atoms with Crippen LogP contribution in [-0.4, -0.2) is 50.1 Å². The van der Waals surface area contributed by atoms with E-state index in [9.17, 15) is 9.59 Å². The van der Waals surface area contributed by atoms with Gasteiger partial charge >= 0.3 is 12.0 Å². The normalized spacial score (nSPS) is 19.6. The van der Waals surface area contributed by atoms with Crippen molar-refractivity contribution in [2.75, 3.05) is 11.1 Å². The van der Waals surface area contributed by atoms with E-state index in [2.05, 4.69) is 36.0 Å². The monoisotopic (exact) mass is 497 g/mol. The van der Waals surface area contributed by atoms with Crippen LogP contribution >= 0.6 is 23.1 Å². The fourth-order valence-corrected chi connectivity index (χ4v) is 6.91. The minimum Gasteiger partial charge on any atom is -0.481 e. The smallest absolute Gasteiger partial charge is 0.326 e. The molecule has 0 spiro atoms. The number of amides is 2. The van der Waals surface area contributed by atoms with Crippen LogP contribution in [0.3, 0.4) is 0 Å². The fraction of sp³-hybridized carbons (Fsp3) is 0.792. The van der Waals surface area contributed by atoms with Gasteiger partial charge in [-0.1, -0.05) is 43.4 Å². The third kappa shape index (κ3) is 7.86. The Morgan fingerprint density at radius 1 is 1.18 bits per heavy atom. The molecule has 2 aliphatic carbocycles. The summed E-state index contributed by atoms with van der Waals surface area (Å²) in [4.78, 5) is 31.1. The Hall–Kier alpha value is -1.32. The van der Waals surface area contributed by atoms with Crippen molar-refractivity contribution in [2.45, 2.75) is 119 Å². The quantitative estimate of drug-likeness (QED) is 0.235. The summed E-state index contributed by atoms with van der Waals surface area (Å²) in [5.74, 6) is -0.321. The number of aliphatic carboxylic acids is 1. The summed E-state index contributed by atoms with van der Waals surface area (Å²) in [6.45, 7) is 6.23. The maximum absolute atomic E-state index is 13.8. The van der Waals surface area contributed by atoms with Crippen LogP contribution < -0.4 is 5.32 Å². The van der Waals surface area contributed by atoms with Crippen LogP contribution in [0.15, 0.2) is 10.4 Å². The van der Waals surface area contributed by atoms with Crippen molar-refractivity contribution in [2.24, 2.45) is 0 Å². The number of hydrogen-bond donors (Lipinski definition) is 2. The van der Waals surface area contributed by atoms with E-state index >= 15 is 0 Å². The number of hydrogen-bond acceptors (Lipinski definition) is 6. The number of carboxylic acids is 1. The molecular weight excluding hydrogens is 458 g/mol. The zero-order valence-corrected chi connectivity index (χ0v) is 21.9. The summed E-state index contributed by atoms with van der Waals surface area (Å²) in [7, 11) is 0. The highest BCUT2D eigenvalue weighted by Gasteiger charge is 2.47. The number of ether oxygens (including phenoxy) is 1. The molecule has 1 aromatic rings. The third-order valence-electron chi connectivity index (χ3n) is 6.24. The Bertz CT molecular complexity index is 779. The summed E-state index contributed by atoms with van der Waals surface area (Å²) in [5.41, 5.74) is -0.943. The third-order valence-corrected chi connectivity index (χ3v) is 8.35. The van der Waals surface area contributed by atoms with Crippen molar-refractivity contribution in [1.82, 2.24) is 9.88 Å². The Balaban J connectivity index is 1.82. The summed E-state index contributed by atoms with van der Waals surface area (Å²) in [5, 5.41) is 12.5. The molecular formula is C24H39N3O4S2. The number of nitrogens with one attached hydrogen (secondary N) is 1. The highest BCUT2D eigenvalue weighted by Crippen LogP contribution is 2.42. The second-order valence-electron chi connectivity index (χ2n) is 10.1. The van der Waals surface area contributed by atoms with Crippen LogP contribution in [0.4, 0.5) is 9.93 Å². The number of nitrogens with zero attached hydrogens (tertiary/aromatic N) is 2. The van der Waals surface area contributed by atoms with Crippen LogP contribution in [0, 0.1) is 0 Å². The van der Waals surface area contributed by atoms with Crippen molar-refractivity contribution < 1.29 is 19.4 Å². The van der Waals surface area contributed by atoms with Gasteiger partial charge in [-0.3, -0.25) is 15.0 Å². The van der Waals surface area contributed by atoms with E-state index in [1.807, 2.05) is 0 Å². The molecule has 2 N–H and O–H groups in total. The number of rotatable bonds is 8. The van der Waals surface area contributed by atoms with Crippen molar-refractivity contribution in [3.63, 3.8) is 0 Å². The molecule has 7 nitrogen and oxygen atoms in total. The minimum atomic E-state index is -0.809. The Morgan fingerprint density at radius 3 is 2.42 bits per heavy atom. The van der Waals surface area contributed by atoms with Gasteiger partial charge in [0.15, 0.2) is 5.13 Å². The van der Waals surface area contributed by atoms with Gasteiger partial charge in [-0.2, -0.15) is 0 Å². The lowest BCUT2D eigenvalue weighted by atomic mass is 9.87. The van der Waals surface area contributed by atoms with E-state index in [1.165, 1.54) is 42.4 Å². The molecule has 0 radical (unpaired) electrons. The van der Waals surface area contributed by atoms with Gasteiger partial charge in [0.2, 0.25) is 0 Å². The Morgan fingerprint density at radius 2 is 1.82 bits per heavy atom. The van der Waals surface area contributed by atoms with Gasteiger partial charge in [0.25, 0.3) is 0 Å². The number of anilines is 1. The van der Waals surface area contributed by atoms with Crippen LogP contribution in [0.1, 0.15) is 97.8 Å². The van der Waals surface area contributed by atoms with Gasteiger partial charge in [0, 0.05) is 11.8 Å². The van der Waals surface area contributed by atoms with Crippen LogP contribution in [0.5, 0.6) is 0 Å². The van der Waals surface area contributed by atoms with E-state index in [0.29, 0.717) is 10.9 Å². The van der Waals surface area contributed by atoms with Crippen LogP contribution in [-0.2, 0) is 9.53 Å². The topological polar surface area (TPSA) is 91.8 Å². The van der Waals surface area contributed by atoms with Gasteiger partial charge in [-0.05, 0) is 59.3 Å². The molecule has 0 saturated heterocycles. The molecule has 2 saturated carbocycles. The average Bonchev–Trinajstić information content (AvgIpc) is 2.99. The number of carbonyl (C=O) groups excluding carboxylic acids is 1. The molecule has 33 heavy (non-hydrogen) atoms. The first kappa shape index (κ1) is 26.3. The van der Waals surface area contributed by atoms with Gasteiger partial charge in [-0.15, -0.1) is 11.8 Å². The van der Waals surface area contributed by atoms with Crippen molar-refractivity contribution in [3.8, 4) is 0 Å². The SMILES string of the molecule is CC(C)(C)OC1(N(C(=O)Nc2ncc(SCCC(=O)O)s2)C2CCCCCC2)CCCCC1. The zero-order valence-electron chi connectivity index (χ0n) is 20.2. The summed E-state index contributed by atoms with van der Waals surface area (Å²) in [6, 6.07) is 0.0433. The Kier molecular flexibility index (Phi) is 9.47. The fourth-order valence-electron chi connectivity index (χ4n) is 5.04. The highest BCUT2D eigenvalue weighted by atomic mass is 32.2. The summed E-state index contributed by atoms with van der Waals surface area (Å²) in [6.07, 6.45) is 13.6. The number of thioether (sulfide) groups is 1. The van der Waals surface area contributed by atoms with Crippen molar-refractivity contribution in [1.29, 1.82) is 0 Å². The van der Waals surface area contributed by atoms with Crippen molar-refractivity contribution >= 4 is 40.2 Å². The lowest BCUT2D eigenvalue weighted by Gasteiger charge is -2.51. The number of urea groups is 1. The largest absolute Gasteiger partial charge is 0.481 e. The van der Waals surface area contributed by atoms with E-state index in [4.69, 9.17) is 9.84 Å². The molecule has 3 rings (SSSR count). The molecule has 2 aliphatic rings. The average molecular weight is 498 g/mol. The van der Waals surface area contributed by atoms with Gasteiger partial charge in [-0.25, -0.2) is 9.78 Å². The predicted molar refractivity (Wildman–Crippen MR) is 134 cm³/mol. The van der Waals surface area contributed by atoms with Gasteiger partial charge in [0.05, 0.1) is 22.4 Å². The summed E-state index contributed by atoms with van der Waals surface area (Å²) >= 11 is 2.86. The predicted octanol–water partition coefficient (Wildman–Crippen LogP) is 6.74. The maximum Gasteiger partial charge on any atom is 0.326 e. The first-order chi connectivity index (χ1) is 15.7. The number of thiazole rings is 1. The summed E-state index contributed by atoms with van der Waals surface area (Å²) < 4.78 is 7.66. The number of aromatic nitrogens is 1. The van der Waals surface area contributed by atoms with E-state index in [-0.39, 0.29) is 24.1 Å². The molecule has 0 aliphatic heterocycles. The lowest BCUT2D eigenvalue weighted by Crippen LogP contribution is -2.61. The van der Waals surface area contributed by atoms with E-state index < -0.39 is 11.7 Å². The van der Waals surface area contributed by atoms with Crippen molar-refractivity contribution in [3.05, 3.63) is 6.20 Å². The molecule has 2 fully saturated rings. The van der Waals surface area contributed by atoms with Gasteiger partial charge < -0.3 is 9.84 Å². The molecule has 0 aromatic carbocycles. The molecule has 1 aromatic heterocycles. The van der Waals surface area contributed by atoms with E-state index in [0.717, 1.165) is 55.6 Å². The molecule has 186 valence electrons.